The van der Waals surface area contributed by atoms with Crippen LogP contribution in [-0.2, 0) is 16.8 Å². The van der Waals surface area contributed by atoms with Gasteiger partial charge in [-0.1, -0.05) is 91.0 Å². The van der Waals surface area contributed by atoms with Crippen LogP contribution in [-0.4, -0.2) is 28.5 Å². The zero-order valence-corrected chi connectivity index (χ0v) is 17.5. The van der Waals surface area contributed by atoms with E-state index in [0.29, 0.717) is 6.42 Å². The number of nitrogens with one attached hydrogen (secondary N) is 1. The highest BCUT2D eigenvalue weighted by atomic mass is 16.2. The van der Waals surface area contributed by atoms with E-state index in [-0.39, 0.29) is 5.91 Å². The monoisotopic (exact) mass is 410 g/mol. The number of nitrogens with two attached hydrogens (primary N) is 1. The number of imidazole rings is 1. The summed E-state index contributed by atoms with van der Waals surface area (Å²) in [6.45, 7) is 0. The van der Waals surface area contributed by atoms with Gasteiger partial charge in [0, 0.05) is 19.7 Å². The summed E-state index contributed by atoms with van der Waals surface area (Å²) < 4.78 is 2.12. The minimum absolute atomic E-state index is 0.199. The first-order valence-corrected chi connectivity index (χ1v) is 10.3. The normalized spacial score (nSPS) is 12.3. The van der Waals surface area contributed by atoms with Crippen molar-refractivity contribution in [3.63, 3.8) is 0 Å². The molecule has 0 fully saturated rings. The molecule has 0 aliphatic heterocycles. The molecule has 0 radical (unpaired) electrons. The minimum Gasteiger partial charge on any atom is -0.358 e. The standard InChI is InChI=1S/C26H26N4O/c1-28-25(31)24(27)17-23-18-30(19-29-23)26(20-11-5-2-6-12-20,21-13-7-3-8-14-21)22-15-9-4-10-16-22/h2-16,18-19,24H,17,27H2,1H3,(H,28,31)/t24-/m0/s1. The Kier molecular flexibility index (Phi) is 5.96. The molecule has 5 nitrogen and oxygen atoms in total. The highest BCUT2D eigenvalue weighted by molar-refractivity contribution is 5.81. The number of carbonyl (C=O) groups is 1. The molecule has 0 aliphatic rings. The van der Waals surface area contributed by atoms with Gasteiger partial charge in [-0.2, -0.15) is 0 Å². The average Bonchev–Trinajstić information content (AvgIpc) is 3.29. The summed E-state index contributed by atoms with van der Waals surface area (Å²) in [6.07, 6.45) is 4.19. The molecule has 4 rings (SSSR count). The number of rotatable bonds is 7. The van der Waals surface area contributed by atoms with Crippen LogP contribution in [0.2, 0.25) is 0 Å². The molecule has 3 aromatic carbocycles. The fraction of sp³-hybridized carbons (Fsp3) is 0.154. The topological polar surface area (TPSA) is 72.9 Å². The summed E-state index contributed by atoms with van der Waals surface area (Å²) in [5, 5.41) is 2.60. The average molecular weight is 411 g/mol. The zero-order valence-electron chi connectivity index (χ0n) is 17.5. The fourth-order valence-electron chi connectivity index (χ4n) is 4.14. The summed E-state index contributed by atoms with van der Waals surface area (Å²) in [5.74, 6) is -0.199. The van der Waals surface area contributed by atoms with Crippen LogP contribution in [0.25, 0.3) is 0 Å². The van der Waals surface area contributed by atoms with Crippen molar-refractivity contribution < 1.29 is 4.79 Å². The van der Waals surface area contributed by atoms with Gasteiger partial charge < -0.3 is 15.6 Å². The van der Waals surface area contributed by atoms with Gasteiger partial charge in [0.15, 0.2) is 0 Å². The lowest BCUT2D eigenvalue weighted by atomic mass is 9.77. The molecule has 0 bridgehead atoms. The lowest BCUT2D eigenvalue weighted by Gasteiger charge is -2.37. The lowest BCUT2D eigenvalue weighted by Crippen LogP contribution is -2.40. The van der Waals surface area contributed by atoms with Gasteiger partial charge in [0.1, 0.15) is 5.54 Å². The first-order chi connectivity index (χ1) is 15.2. The molecule has 4 aromatic rings. The maximum absolute atomic E-state index is 11.9. The van der Waals surface area contributed by atoms with Crippen molar-refractivity contribution in [3.05, 3.63) is 126 Å². The quantitative estimate of drug-likeness (QED) is 0.459. The Hall–Kier alpha value is -3.70. The van der Waals surface area contributed by atoms with Crippen LogP contribution in [0, 0.1) is 0 Å². The SMILES string of the molecule is CNC(=O)[C@@H](N)Cc1cn(C(c2ccccc2)(c2ccccc2)c2ccccc2)cn1. The molecule has 0 saturated carbocycles. The van der Waals surface area contributed by atoms with Crippen LogP contribution < -0.4 is 11.1 Å². The number of benzene rings is 3. The van der Waals surface area contributed by atoms with Crippen LogP contribution in [0.15, 0.2) is 104 Å². The molecule has 0 saturated heterocycles. The van der Waals surface area contributed by atoms with Crippen molar-refractivity contribution in [1.29, 1.82) is 0 Å². The van der Waals surface area contributed by atoms with Gasteiger partial charge >= 0.3 is 0 Å². The van der Waals surface area contributed by atoms with E-state index in [1.807, 2.05) is 30.7 Å². The Bertz CT molecular complexity index is 1030. The van der Waals surface area contributed by atoms with Crippen LogP contribution >= 0.6 is 0 Å². The van der Waals surface area contributed by atoms with E-state index in [9.17, 15) is 4.79 Å². The van der Waals surface area contributed by atoms with E-state index in [0.717, 1.165) is 22.4 Å². The van der Waals surface area contributed by atoms with Gasteiger partial charge in [-0.15, -0.1) is 0 Å². The van der Waals surface area contributed by atoms with E-state index in [1.54, 1.807) is 7.05 Å². The highest BCUT2D eigenvalue weighted by Gasteiger charge is 2.38. The Morgan fingerprint density at radius 1 is 0.903 bits per heavy atom. The number of carbonyl (C=O) groups excluding carboxylic acids is 1. The smallest absolute Gasteiger partial charge is 0.237 e. The van der Waals surface area contributed by atoms with Gasteiger partial charge in [-0.05, 0) is 16.7 Å². The predicted octanol–water partition coefficient (Wildman–Crippen LogP) is 3.34. The first kappa shape index (κ1) is 20.6. The molecule has 156 valence electrons. The highest BCUT2D eigenvalue weighted by Crippen LogP contribution is 2.40. The maximum Gasteiger partial charge on any atom is 0.237 e. The van der Waals surface area contributed by atoms with Crippen molar-refractivity contribution in [2.24, 2.45) is 5.73 Å². The van der Waals surface area contributed by atoms with E-state index < -0.39 is 11.6 Å². The van der Waals surface area contributed by atoms with Crippen LogP contribution in [0.4, 0.5) is 0 Å². The molecule has 5 heteroatoms. The van der Waals surface area contributed by atoms with E-state index >= 15 is 0 Å². The van der Waals surface area contributed by atoms with Crippen LogP contribution in [0.5, 0.6) is 0 Å². The van der Waals surface area contributed by atoms with Crippen LogP contribution in [0.3, 0.4) is 0 Å². The van der Waals surface area contributed by atoms with Gasteiger partial charge in [0.2, 0.25) is 5.91 Å². The molecule has 1 aromatic heterocycles. The molecule has 0 unspecified atom stereocenters. The first-order valence-electron chi connectivity index (χ1n) is 10.3. The van der Waals surface area contributed by atoms with Crippen molar-refractivity contribution in [2.45, 2.75) is 18.0 Å². The Morgan fingerprint density at radius 2 is 1.35 bits per heavy atom. The third kappa shape index (κ3) is 3.88. The second-order valence-electron chi connectivity index (χ2n) is 7.51. The molecular weight excluding hydrogens is 384 g/mol. The molecule has 1 heterocycles. The number of likely N-dealkylation sites (N-methyl/N-ethyl adjacent to an activating group) is 1. The van der Waals surface area contributed by atoms with Crippen molar-refractivity contribution >= 4 is 5.91 Å². The largest absolute Gasteiger partial charge is 0.358 e. The third-order valence-corrected chi connectivity index (χ3v) is 5.61. The zero-order chi connectivity index (χ0) is 21.7. The second kappa shape index (κ2) is 8.98. The molecule has 31 heavy (non-hydrogen) atoms. The molecule has 0 spiro atoms. The van der Waals surface area contributed by atoms with Crippen molar-refractivity contribution in [2.75, 3.05) is 7.05 Å². The maximum atomic E-state index is 11.9. The number of nitrogens with zero attached hydrogens (tertiary/aromatic N) is 2. The van der Waals surface area contributed by atoms with Crippen LogP contribution in [0.1, 0.15) is 22.4 Å². The molecule has 3 N–H and O–H groups in total. The number of hydrogen-bond acceptors (Lipinski definition) is 3. The predicted molar refractivity (Wildman–Crippen MR) is 123 cm³/mol. The second-order valence-corrected chi connectivity index (χ2v) is 7.51. The Balaban J connectivity index is 1.93. The van der Waals surface area contributed by atoms with Gasteiger partial charge in [0.25, 0.3) is 0 Å². The fourth-order valence-corrected chi connectivity index (χ4v) is 4.14. The Labute approximate surface area is 182 Å². The molecule has 1 atom stereocenters. The third-order valence-electron chi connectivity index (χ3n) is 5.61. The van der Waals surface area contributed by atoms with Crippen molar-refractivity contribution in [1.82, 2.24) is 14.9 Å². The van der Waals surface area contributed by atoms with Gasteiger partial charge in [-0.3, -0.25) is 4.79 Å². The number of aromatic nitrogens is 2. The summed E-state index contributed by atoms with van der Waals surface area (Å²) in [4.78, 5) is 16.5. The Morgan fingerprint density at radius 3 is 1.77 bits per heavy atom. The molecular formula is C26H26N4O. The van der Waals surface area contributed by atoms with Gasteiger partial charge in [-0.25, -0.2) is 4.98 Å². The molecule has 0 aliphatic carbocycles. The minimum atomic E-state index is -0.645. The summed E-state index contributed by atoms with van der Waals surface area (Å²) in [7, 11) is 1.59. The lowest BCUT2D eigenvalue weighted by molar-refractivity contribution is -0.121. The van der Waals surface area contributed by atoms with E-state index in [4.69, 9.17) is 5.73 Å². The summed E-state index contributed by atoms with van der Waals surface area (Å²) in [6, 6.07) is 30.5. The number of hydrogen-bond donors (Lipinski definition) is 2. The summed E-state index contributed by atoms with van der Waals surface area (Å²) >= 11 is 0. The number of amides is 1. The molecule has 1 amide bonds. The van der Waals surface area contributed by atoms with Crippen molar-refractivity contribution in [3.8, 4) is 0 Å². The van der Waals surface area contributed by atoms with E-state index in [1.165, 1.54) is 0 Å². The van der Waals surface area contributed by atoms with E-state index in [2.05, 4.69) is 87.7 Å². The summed E-state index contributed by atoms with van der Waals surface area (Å²) in [5.41, 5.74) is 9.55. The van der Waals surface area contributed by atoms with Gasteiger partial charge in [0.05, 0.1) is 18.1 Å².